The second-order valence-corrected chi connectivity index (χ2v) is 4.06. The van der Waals surface area contributed by atoms with Gasteiger partial charge in [-0.15, -0.1) is 0 Å². The minimum Gasteiger partial charge on any atom is -0.380 e. The van der Waals surface area contributed by atoms with Crippen molar-refractivity contribution in [2.24, 2.45) is 0 Å². The fourth-order valence-electron chi connectivity index (χ4n) is 1.75. The molecule has 0 saturated heterocycles. The lowest BCUT2D eigenvalue weighted by Gasteiger charge is -2.09. The minimum absolute atomic E-state index is 0.713. The molecule has 0 aliphatic heterocycles. The smallest absolute Gasteiger partial charge is 0.0715 e. The molecule has 0 aliphatic rings. The topological polar surface area (TPSA) is 21.3 Å². The number of hydrogen-bond donors (Lipinski definition) is 1. The van der Waals surface area contributed by atoms with Gasteiger partial charge in [-0.3, -0.25) is 0 Å². The van der Waals surface area contributed by atoms with Gasteiger partial charge in [-0.2, -0.15) is 0 Å². The molecule has 0 aliphatic carbocycles. The highest BCUT2D eigenvalue weighted by Gasteiger charge is 2.00. The lowest BCUT2D eigenvalue weighted by molar-refractivity contribution is 0.184. The van der Waals surface area contributed by atoms with E-state index in [0.29, 0.717) is 6.61 Å². The van der Waals surface area contributed by atoms with Crippen LogP contribution >= 0.6 is 0 Å². The molecule has 2 nitrogen and oxygen atoms in total. The van der Waals surface area contributed by atoms with Crippen LogP contribution in [0, 0.1) is 0 Å². The molecule has 0 bridgehead atoms. The fourth-order valence-corrected chi connectivity index (χ4v) is 1.75. The molecule has 16 heavy (non-hydrogen) atoms. The largest absolute Gasteiger partial charge is 0.380 e. The Morgan fingerprint density at radius 3 is 2.56 bits per heavy atom. The van der Waals surface area contributed by atoms with Crippen molar-refractivity contribution >= 4 is 0 Å². The molecule has 2 heteroatoms. The summed E-state index contributed by atoms with van der Waals surface area (Å²) in [6.07, 6.45) is 3.61. The van der Waals surface area contributed by atoms with Crippen LogP contribution in [0.4, 0.5) is 0 Å². The van der Waals surface area contributed by atoms with Crippen molar-refractivity contribution in [2.45, 2.75) is 32.8 Å². The zero-order chi connectivity index (χ0) is 11.6. The van der Waals surface area contributed by atoms with Gasteiger partial charge in [0.15, 0.2) is 0 Å². The monoisotopic (exact) mass is 221 g/mol. The number of nitrogens with one attached hydrogen (secondary N) is 1. The first-order chi connectivity index (χ1) is 7.88. The van der Waals surface area contributed by atoms with Gasteiger partial charge in [0.25, 0.3) is 0 Å². The molecule has 0 radical (unpaired) electrons. The fraction of sp³-hybridized carbons (Fsp3) is 0.571. The van der Waals surface area contributed by atoms with Crippen molar-refractivity contribution < 1.29 is 4.74 Å². The van der Waals surface area contributed by atoms with Crippen LogP contribution in [0.2, 0.25) is 0 Å². The van der Waals surface area contributed by atoms with Crippen LogP contribution in [0.1, 0.15) is 30.9 Å². The maximum absolute atomic E-state index is 5.19. The lowest BCUT2D eigenvalue weighted by Crippen LogP contribution is -2.18. The van der Waals surface area contributed by atoms with Crippen LogP contribution in [0.5, 0.6) is 0 Å². The maximum Gasteiger partial charge on any atom is 0.0715 e. The molecule has 0 aromatic heterocycles. The van der Waals surface area contributed by atoms with Crippen LogP contribution < -0.4 is 5.32 Å². The van der Waals surface area contributed by atoms with Gasteiger partial charge in [0, 0.05) is 7.11 Å². The van der Waals surface area contributed by atoms with Crippen LogP contribution in [0.25, 0.3) is 0 Å². The second-order valence-electron chi connectivity index (χ2n) is 4.06. The molecule has 0 fully saturated rings. The Balaban J connectivity index is 2.34. The van der Waals surface area contributed by atoms with E-state index in [2.05, 4.69) is 36.5 Å². The molecule has 0 amide bonds. The van der Waals surface area contributed by atoms with Crippen LogP contribution in [0.3, 0.4) is 0 Å². The Bertz CT molecular complexity index is 286. The highest BCUT2D eigenvalue weighted by atomic mass is 16.5. The zero-order valence-corrected chi connectivity index (χ0v) is 10.5. The summed E-state index contributed by atoms with van der Waals surface area (Å²) in [5, 5.41) is 3.46. The lowest BCUT2D eigenvalue weighted by atomic mass is 10.1. The van der Waals surface area contributed by atoms with Gasteiger partial charge in [-0.05, 0) is 37.1 Å². The summed E-state index contributed by atoms with van der Waals surface area (Å²) in [7, 11) is 1.75. The van der Waals surface area contributed by atoms with Gasteiger partial charge in [0.2, 0.25) is 0 Å². The van der Waals surface area contributed by atoms with Crippen molar-refractivity contribution in [1.29, 1.82) is 0 Å². The van der Waals surface area contributed by atoms with E-state index in [-0.39, 0.29) is 0 Å². The van der Waals surface area contributed by atoms with E-state index in [9.17, 15) is 0 Å². The minimum atomic E-state index is 0.713. The number of ether oxygens (including phenoxy) is 1. The Morgan fingerprint density at radius 1 is 1.12 bits per heavy atom. The van der Waals surface area contributed by atoms with E-state index >= 15 is 0 Å². The number of benzene rings is 1. The van der Waals surface area contributed by atoms with E-state index in [1.54, 1.807) is 7.11 Å². The van der Waals surface area contributed by atoms with Gasteiger partial charge < -0.3 is 10.1 Å². The Labute approximate surface area is 99.0 Å². The summed E-state index contributed by atoms with van der Waals surface area (Å²) < 4.78 is 5.19. The number of methoxy groups -OCH3 is 1. The van der Waals surface area contributed by atoms with Crippen molar-refractivity contribution in [3.63, 3.8) is 0 Å². The number of rotatable bonds is 8. The molecule has 0 heterocycles. The standard InChI is InChI=1S/C14H23NO/c1-3-4-10-15-11-9-13-7-5-6-8-14(13)12-16-2/h5-8,15H,3-4,9-12H2,1-2H3. The van der Waals surface area contributed by atoms with E-state index < -0.39 is 0 Å². The third kappa shape index (κ3) is 4.77. The second kappa shape index (κ2) is 8.31. The zero-order valence-electron chi connectivity index (χ0n) is 10.5. The molecule has 1 aromatic rings. The average molecular weight is 221 g/mol. The summed E-state index contributed by atoms with van der Waals surface area (Å²) in [5.74, 6) is 0. The summed E-state index contributed by atoms with van der Waals surface area (Å²) in [6, 6.07) is 8.50. The van der Waals surface area contributed by atoms with Crippen LogP contribution in [-0.2, 0) is 17.8 Å². The summed E-state index contributed by atoms with van der Waals surface area (Å²) >= 11 is 0. The van der Waals surface area contributed by atoms with Crippen molar-refractivity contribution in [2.75, 3.05) is 20.2 Å². The summed E-state index contributed by atoms with van der Waals surface area (Å²) in [6.45, 7) is 5.12. The highest BCUT2D eigenvalue weighted by Crippen LogP contribution is 2.10. The first kappa shape index (κ1) is 13.2. The average Bonchev–Trinajstić information content (AvgIpc) is 2.31. The van der Waals surface area contributed by atoms with E-state index in [1.807, 2.05) is 0 Å². The molecule has 1 N–H and O–H groups in total. The molecule has 0 unspecified atom stereocenters. The summed E-state index contributed by atoms with van der Waals surface area (Å²) in [5.41, 5.74) is 2.70. The Hall–Kier alpha value is -0.860. The highest BCUT2D eigenvalue weighted by molar-refractivity contribution is 5.26. The molecular formula is C14H23NO. The van der Waals surface area contributed by atoms with Crippen molar-refractivity contribution in [3.05, 3.63) is 35.4 Å². The quantitative estimate of drug-likeness (QED) is 0.682. The molecule has 1 aromatic carbocycles. The molecule has 1 rings (SSSR count). The van der Waals surface area contributed by atoms with Crippen molar-refractivity contribution in [1.82, 2.24) is 5.32 Å². The van der Waals surface area contributed by atoms with Gasteiger partial charge in [0.05, 0.1) is 6.61 Å². The van der Waals surface area contributed by atoms with Gasteiger partial charge in [-0.25, -0.2) is 0 Å². The maximum atomic E-state index is 5.19. The normalized spacial score (nSPS) is 10.6. The third-order valence-corrected chi connectivity index (χ3v) is 2.70. The number of hydrogen-bond acceptors (Lipinski definition) is 2. The van der Waals surface area contributed by atoms with Crippen molar-refractivity contribution in [3.8, 4) is 0 Å². The number of unbranched alkanes of at least 4 members (excludes halogenated alkanes) is 1. The Kier molecular flexibility index (Phi) is 6.86. The van der Waals surface area contributed by atoms with Gasteiger partial charge in [-0.1, -0.05) is 37.6 Å². The SMILES string of the molecule is CCCCNCCc1ccccc1COC. The van der Waals surface area contributed by atoms with Crippen LogP contribution in [0.15, 0.2) is 24.3 Å². The predicted octanol–water partition coefficient (Wildman–Crippen LogP) is 2.77. The molecule has 0 saturated carbocycles. The molecule has 0 atom stereocenters. The van der Waals surface area contributed by atoms with E-state index in [1.165, 1.54) is 24.0 Å². The first-order valence-corrected chi connectivity index (χ1v) is 6.15. The van der Waals surface area contributed by atoms with Gasteiger partial charge >= 0.3 is 0 Å². The van der Waals surface area contributed by atoms with Gasteiger partial charge in [0.1, 0.15) is 0 Å². The third-order valence-electron chi connectivity index (χ3n) is 2.70. The first-order valence-electron chi connectivity index (χ1n) is 6.15. The molecule has 90 valence electrons. The Morgan fingerprint density at radius 2 is 1.88 bits per heavy atom. The summed E-state index contributed by atoms with van der Waals surface area (Å²) in [4.78, 5) is 0. The molecular weight excluding hydrogens is 198 g/mol. The van der Waals surface area contributed by atoms with E-state index in [4.69, 9.17) is 4.74 Å². The van der Waals surface area contributed by atoms with E-state index in [0.717, 1.165) is 19.5 Å². The molecule has 0 spiro atoms. The predicted molar refractivity (Wildman–Crippen MR) is 68.6 cm³/mol. The van der Waals surface area contributed by atoms with Crippen LogP contribution in [-0.4, -0.2) is 20.2 Å².